The second-order valence-corrected chi connectivity index (χ2v) is 4.26. The van der Waals surface area contributed by atoms with E-state index >= 15 is 0 Å². The number of nitrogens with zero attached hydrogens (tertiary/aromatic N) is 2. The van der Waals surface area contributed by atoms with Crippen LogP contribution in [0.5, 0.6) is 0 Å². The van der Waals surface area contributed by atoms with Gasteiger partial charge in [-0.1, -0.05) is 0 Å². The SMILES string of the molecule is CCN1CC2(CC1=O)CN(C)C2. The molecule has 2 rings (SSSR count). The molecule has 2 aliphatic heterocycles. The molecular weight excluding hydrogens is 152 g/mol. The molecule has 2 saturated heterocycles. The maximum absolute atomic E-state index is 11.4. The van der Waals surface area contributed by atoms with Crippen LogP contribution >= 0.6 is 0 Å². The summed E-state index contributed by atoms with van der Waals surface area (Å²) >= 11 is 0. The lowest BCUT2D eigenvalue weighted by Gasteiger charge is -2.45. The van der Waals surface area contributed by atoms with Crippen molar-refractivity contribution in [1.29, 1.82) is 0 Å². The predicted octanol–water partition coefficient (Wildman–Crippen LogP) is 0.170. The van der Waals surface area contributed by atoms with Crippen LogP contribution in [-0.4, -0.2) is 48.9 Å². The summed E-state index contributed by atoms with van der Waals surface area (Å²) in [6, 6.07) is 0. The van der Waals surface area contributed by atoms with Gasteiger partial charge >= 0.3 is 0 Å². The Labute approximate surface area is 73.3 Å². The highest BCUT2D eigenvalue weighted by Crippen LogP contribution is 2.38. The van der Waals surface area contributed by atoms with Crippen LogP contribution in [-0.2, 0) is 4.79 Å². The molecule has 0 saturated carbocycles. The molecule has 12 heavy (non-hydrogen) atoms. The van der Waals surface area contributed by atoms with Gasteiger partial charge in [0.2, 0.25) is 5.91 Å². The summed E-state index contributed by atoms with van der Waals surface area (Å²) < 4.78 is 0. The predicted molar refractivity (Wildman–Crippen MR) is 46.8 cm³/mol. The molecule has 3 nitrogen and oxygen atoms in total. The number of carbonyl (C=O) groups excluding carboxylic acids is 1. The Hall–Kier alpha value is -0.570. The molecule has 0 radical (unpaired) electrons. The average Bonchev–Trinajstić information content (AvgIpc) is 2.26. The van der Waals surface area contributed by atoms with Gasteiger partial charge in [-0.15, -0.1) is 0 Å². The fourth-order valence-corrected chi connectivity index (χ4v) is 2.58. The van der Waals surface area contributed by atoms with Crippen molar-refractivity contribution in [3.05, 3.63) is 0 Å². The quantitative estimate of drug-likeness (QED) is 0.557. The van der Waals surface area contributed by atoms with E-state index in [0.717, 1.165) is 32.6 Å². The number of hydrogen-bond acceptors (Lipinski definition) is 2. The van der Waals surface area contributed by atoms with Gasteiger partial charge in [0.15, 0.2) is 0 Å². The van der Waals surface area contributed by atoms with Crippen LogP contribution in [0.4, 0.5) is 0 Å². The third-order valence-electron chi connectivity index (χ3n) is 3.00. The van der Waals surface area contributed by atoms with Crippen molar-refractivity contribution in [2.45, 2.75) is 13.3 Å². The molecule has 0 atom stereocenters. The second kappa shape index (κ2) is 2.46. The zero-order valence-electron chi connectivity index (χ0n) is 7.84. The Balaban J connectivity index is 2.01. The van der Waals surface area contributed by atoms with E-state index in [4.69, 9.17) is 0 Å². The number of carbonyl (C=O) groups is 1. The van der Waals surface area contributed by atoms with Crippen molar-refractivity contribution in [3.8, 4) is 0 Å². The van der Waals surface area contributed by atoms with E-state index in [1.54, 1.807) is 0 Å². The highest BCUT2D eigenvalue weighted by molar-refractivity contribution is 5.79. The third-order valence-corrected chi connectivity index (χ3v) is 3.00. The summed E-state index contributed by atoms with van der Waals surface area (Å²) in [5.74, 6) is 0.352. The summed E-state index contributed by atoms with van der Waals surface area (Å²) in [6.45, 7) is 6.14. The summed E-state index contributed by atoms with van der Waals surface area (Å²) in [5.41, 5.74) is 0.335. The Morgan fingerprint density at radius 1 is 1.42 bits per heavy atom. The van der Waals surface area contributed by atoms with E-state index in [1.165, 1.54) is 0 Å². The number of likely N-dealkylation sites (tertiary alicyclic amines) is 2. The summed E-state index contributed by atoms with van der Waals surface area (Å²) in [5, 5.41) is 0. The Kier molecular flexibility index (Phi) is 1.65. The van der Waals surface area contributed by atoms with Gasteiger partial charge in [-0.05, 0) is 14.0 Å². The van der Waals surface area contributed by atoms with Gasteiger partial charge in [-0.3, -0.25) is 4.79 Å². The normalized spacial score (nSPS) is 28.2. The molecule has 0 aromatic carbocycles. The van der Waals surface area contributed by atoms with Gasteiger partial charge in [0.25, 0.3) is 0 Å². The Morgan fingerprint density at radius 3 is 2.50 bits per heavy atom. The van der Waals surface area contributed by atoms with E-state index in [2.05, 4.69) is 18.9 Å². The van der Waals surface area contributed by atoms with Gasteiger partial charge in [-0.2, -0.15) is 0 Å². The molecule has 0 unspecified atom stereocenters. The van der Waals surface area contributed by atoms with Gasteiger partial charge < -0.3 is 9.80 Å². The molecule has 68 valence electrons. The molecule has 2 heterocycles. The molecule has 1 amide bonds. The molecule has 3 heteroatoms. The number of hydrogen-bond donors (Lipinski definition) is 0. The van der Waals surface area contributed by atoms with Crippen molar-refractivity contribution in [1.82, 2.24) is 9.80 Å². The lowest BCUT2D eigenvalue weighted by Crippen LogP contribution is -2.55. The molecular formula is C9H16N2O. The van der Waals surface area contributed by atoms with Crippen molar-refractivity contribution < 1.29 is 4.79 Å². The first kappa shape index (κ1) is 8.05. The Morgan fingerprint density at radius 2 is 2.08 bits per heavy atom. The van der Waals surface area contributed by atoms with Gasteiger partial charge in [0.05, 0.1) is 0 Å². The maximum Gasteiger partial charge on any atom is 0.223 e. The molecule has 2 aliphatic rings. The van der Waals surface area contributed by atoms with Crippen molar-refractivity contribution in [2.75, 3.05) is 33.2 Å². The number of rotatable bonds is 1. The standard InChI is InChI=1S/C9H16N2O/c1-3-11-7-9(4-8(11)12)5-10(2)6-9/h3-7H2,1-2H3. The molecule has 0 aromatic rings. The van der Waals surface area contributed by atoms with Gasteiger partial charge in [0, 0.05) is 38.0 Å². The van der Waals surface area contributed by atoms with Crippen molar-refractivity contribution >= 4 is 5.91 Å². The van der Waals surface area contributed by atoms with Gasteiger partial charge in [0.1, 0.15) is 0 Å². The van der Waals surface area contributed by atoms with Crippen molar-refractivity contribution in [3.63, 3.8) is 0 Å². The van der Waals surface area contributed by atoms with Crippen LogP contribution in [0.3, 0.4) is 0 Å². The summed E-state index contributed by atoms with van der Waals surface area (Å²) in [6.07, 6.45) is 0.783. The summed E-state index contributed by atoms with van der Waals surface area (Å²) in [4.78, 5) is 15.7. The third kappa shape index (κ3) is 1.04. The van der Waals surface area contributed by atoms with Crippen molar-refractivity contribution in [2.24, 2.45) is 5.41 Å². The first-order chi connectivity index (χ1) is 5.65. The fourth-order valence-electron chi connectivity index (χ4n) is 2.58. The zero-order chi connectivity index (χ0) is 8.77. The van der Waals surface area contributed by atoms with E-state index in [1.807, 2.05) is 4.90 Å². The minimum atomic E-state index is 0.335. The Bertz CT molecular complexity index is 209. The van der Waals surface area contributed by atoms with Gasteiger partial charge in [-0.25, -0.2) is 0 Å². The van der Waals surface area contributed by atoms with E-state index in [0.29, 0.717) is 11.3 Å². The number of amides is 1. The van der Waals surface area contributed by atoms with E-state index in [-0.39, 0.29) is 0 Å². The smallest absolute Gasteiger partial charge is 0.223 e. The average molecular weight is 168 g/mol. The van der Waals surface area contributed by atoms with E-state index in [9.17, 15) is 4.79 Å². The monoisotopic (exact) mass is 168 g/mol. The topological polar surface area (TPSA) is 23.6 Å². The molecule has 0 aromatic heterocycles. The van der Waals surface area contributed by atoms with Crippen LogP contribution in [0.15, 0.2) is 0 Å². The molecule has 0 N–H and O–H groups in total. The fraction of sp³-hybridized carbons (Fsp3) is 0.889. The lowest BCUT2D eigenvalue weighted by molar-refractivity contribution is -0.127. The van der Waals surface area contributed by atoms with E-state index < -0.39 is 0 Å². The second-order valence-electron chi connectivity index (χ2n) is 4.26. The van der Waals surface area contributed by atoms with Crippen LogP contribution in [0.25, 0.3) is 0 Å². The summed E-state index contributed by atoms with van der Waals surface area (Å²) in [7, 11) is 2.12. The largest absolute Gasteiger partial charge is 0.342 e. The highest BCUT2D eigenvalue weighted by Gasteiger charge is 2.49. The first-order valence-corrected chi connectivity index (χ1v) is 4.61. The minimum absolute atomic E-state index is 0.335. The van der Waals surface area contributed by atoms with Crippen LogP contribution in [0.1, 0.15) is 13.3 Å². The zero-order valence-corrected chi connectivity index (χ0v) is 7.84. The molecule has 0 bridgehead atoms. The van der Waals surface area contributed by atoms with Crippen LogP contribution in [0.2, 0.25) is 0 Å². The molecule has 0 aliphatic carbocycles. The lowest BCUT2D eigenvalue weighted by atomic mass is 9.79. The first-order valence-electron chi connectivity index (χ1n) is 4.61. The maximum atomic E-state index is 11.4. The minimum Gasteiger partial charge on any atom is -0.342 e. The highest BCUT2D eigenvalue weighted by atomic mass is 16.2. The molecule has 1 spiro atoms. The molecule has 2 fully saturated rings. The van der Waals surface area contributed by atoms with Crippen LogP contribution < -0.4 is 0 Å². The van der Waals surface area contributed by atoms with Crippen LogP contribution in [0, 0.1) is 5.41 Å².